The summed E-state index contributed by atoms with van der Waals surface area (Å²) >= 11 is 0. The van der Waals surface area contributed by atoms with Gasteiger partial charge in [-0.2, -0.15) is 0 Å². The molecule has 0 amide bonds. The Morgan fingerprint density at radius 1 is 1.50 bits per heavy atom. The van der Waals surface area contributed by atoms with Gasteiger partial charge in [-0.15, -0.1) is 0 Å². The van der Waals surface area contributed by atoms with Gasteiger partial charge in [0.25, 0.3) is 0 Å². The fourth-order valence-corrected chi connectivity index (χ4v) is 1.47. The van der Waals surface area contributed by atoms with Crippen LogP contribution in [0.3, 0.4) is 0 Å². The third-order valence-electron chi connectivity index (χ3n) is 2.41. The number of benzene rings is 1. The molecule has 0 bridgehead atoms. The number of carbonyl (C=O) groups excluding carboxylic acids is 1. The molecule has 0 aromatic heterocycles. The Morgan fingerprint density at radius 2 is 2.17 bits per heavy atom. The summed E-state index contributed by atoms with van der Waals surface area (Å²) < 4.78 is 4.89. The van der Waals surface area contributed by atoms with Crippen molar-refractivity contribution in [3.63, 3.8) is 0 Å². The van der Waals surface area contributed by atoms with E-state index >= 15 is 0 Å². The first-order valence-corrected chi connectivity index (χ1v) is 5.44. The number of hydrogen-bond acceptors (Lipinski definition) is 5. The maximum atomic E-state index is 11.7. The molecule has 1 rings (SSSR count). The van der Waals surface area contributed by atoms with Crippen LogP contribution in [-0.4, -0.2) is 28.3 Å². The summed E-state index contributed by atoms with van der Waals surface area (Å²) in [6, 6.07) is 4.29. The number of phenols is 2. The van der Waals surface area contributed by atoms with Gasteiger partial charge in [0.2, 0.25) is 0 Å². The van der Waals surface area contributed by atoms with Crippen molar-refractivity contribution in [1.29, 1.82) is 0 Å². The molecule has 0 saturated heterocycles. The second-order valence-electron chi connectivity index (χ2n) is 4.30. The molecule has 0 aliphatic rings. The van der Waals surface area contributed by atoms with Crippen LogP contribution >= 0.6 is 0 Å². The van der Waals surface area contributed by atoms with Gasteiger partial charge in [0.1, 0.15) is 12.1 Å². The Balaban J connectivity index is 2.77. The Labute approximate surface area is 105 Å². The topological polar surface area (TPSA) is 92.8 Å². The standard InChI is InChI=1S/C13H17NO4/c1-3-6-18-12(17)13(2,14)8-9-4-5-10(15)11(16)7-9/h3-5,7,15-16H,1,6,8,14H2,2H3. The molecule has 1 aromatic carbocycles. The molecule has 4 N–H and O–H groups in total. The number of rotatable bonds is 5. The van der Waals surface area contributed by atoms with Gasteiger partial charge in [-0.05, 0) is 24.6 Å². The van der Waals surface area contributed by atoms with E-state index in [2.05, 4.69) is 6.58 Å². The Kier molecular flexibility index (Phi) is 4.33. The molecule has 0 fully saturated rings. The highest BCUT2D eigenvalue weighted by Gasteiger charge is 2.30. The summed E-state index contributed by atoms with van der Waals surface area (Å²) in [4.78, 5) is 11.7. The van der Waals surface area contributed by atoms with Gasteiger partial charge < -0.3 is 20.7 Å². The molecule has 0 aliphatic carbocycles. The first-order chi connectivity index (χ1) is 8.36. The molecule has 0 saturated carbocycles. The number of hydrogen-bond donors (Lipinski definition) is 3. The van der Waals surface area contributed by atoms with E-state index in [4.69, 9.17) is 10.5 Å². The van der Waals surface area contributed by atoms with Crippen molar-refractivity contribution in [2.45, 2.75) is 18.9 Å². The molecule has 5 nitrogen and oxygen atoms in total. The van der Waals surface area contributed by atoms with Gasteiger partial charge >= 0.3 is 5.97 Å². The highest BCUT2D eigenvalue weighted by molar-refractivity contribution is 5.80. The summed E-state index contributed by atoms with van der Waals surface area (Å²) in [6.07, 6.45) is 1.65. The number of esters is 1. The van der Waals surface area contributed by atoms with E-state index in [0.29, 0.717) is 5.56 Å². The van der Waals surface area contributed by atoms with Crippen LogP contribution in [0.1, 0.15) is 12.5 Å². The molecule has 5 heteroatoms. The van der Waals surface area contributed by atoms with Crippen molar-refractivity contribution >= 4 is 5.97 Å². The van der Waals surface area contributed by atoms with Crippen molar-refractivity contribution in [3.8, 4) is 11.5 Å². The van der Waals surface area contributed by atoms with Gasteiger partial charge in [-0.3, -0.25) is 4.79 Å². The second-order valence-corrected chi connectivity index (χ2v) is 4.30. The average molecular weight is 251 g/mol. The number of nitrogens with two attached hydrogens (primary N) is 1. The van der Waals surface area contributed by atoms with Gasteiger partial charge in [-0.1, -0.05) is 18.7 Å². The van der Waals surface area contributed by atoms with Crippen LogP contribution in [0.25, 0.3) is 0 Å². The molecular formula is C13H17NO4. The molecule has 0 heterocycles. The molecule has 1 atom stereocenters. The largest absolute Gasteiger partial charge is 0.504 e. The third kappa shape index (κ3) is 3.49. The first-order valence-electron chi connectivity index (χ1n) is 5.44. The highest BCUT2D eigenvalue weighted by Crippen LogP contribution is 2.26. The number of aromatic hydroxyl groups is 2. The predicted molar refractivity (Wildman–Crippen MR) is 67.2 cm³/mol. The van der Waals surface area contributed by atoms with Crippen LogP contribution in [0.5, 0.6) is 11.5 Å². The summed E-state index contributed by atoms with van der Waals surface area (Å²) in [7, 11) is 0. The van der Waals surface area contributed by atoms with Crippen LogP contribution in [-0.2, 0) is 16.0 Å². The summed E-state index contributed by atoms with van der Waals surface area (Å²) in [6.45, 7) is 5.09. The van der Waals surface area contributed by atoms with Crippen molar-refractivity contribution in [2.24, 2.45) is 5.73 Å². The predicted octanol–water partition coefficient (Wildman–Crippen LogP) is 1.09. The Bertz CT molecular complexity index is 454. The maximum absolute atomic E-state index is 11.7. The summed E-state index contributed by atoms with van der Waals surface area (Å²) in [5.74, 6) is -1.01. The fraction of sp³-hybridized carbons (Fsp3) is 0.308. The minimum Gasteiger partial charge on any atom is -0.504 e. The van der Waals surface area contributed by atoms with E-state index in [1.54, 1.807) is 13.0 Å². The second kappa shape index (κ2) is 5.55. The lowest BCUT2D eigenvalue weighted by molar-refractivity contribution is -0.148. The lowest BCUT2D eigenvalue weighted by Gasteiger charge is -2.22. The van der Waals surface area contributed by atoms with Crippen LogP contribution < -0.4 is 5.73 Å². The fourth-order valence-electron chi connectivity index (χ4n) is 1.47. The van der Waals surface area contributed by atoms with E-state index in [9.17, 15) is 15.0 Å². The third-order valence-corrected chi connectivity index (χ3v) is 2.41. The van der Waals surface area contributed by atoms with Crippen molar-refractivity contribution in [2.75, 3.05) is 6.61 Å². The monoisotopic (exact) mass is 251 g/mol. The van der Waals surface area contributed by atoms with Gasteiger partial charge in [0.15, 0.2) is 11.5 Å². The first kappa shape index (κ1) is 14.1. The Morgan fingerprint density at radius 3 is 2.72 bits per heavy atom. The lowest BCUT2D eigenvalue weighted by atomic mass is 9.94. The van der Waals surface area contributed by atoms with E-state index in [-0.39, 0.29) is 24.5 Å². The normalized spacial score (nSPS) is 13.7. The molecule has 98 valence electrons. The quantitative estimate of drug-likeness (QED) is 0.414. The average Bonchev–Trinajstić information content (AvgIpc) is 2.30. The summed E-state index contributed by atoms with van der Waals surface area (Å²) in [5.41, 5.74) is 5.30. The van der Waals surface area contributed by atoms with Crippen LogP contribution in [0.15, 0.2) is 30.9 Å². The zero-order valence-electron chi connectivity index (χ0n) is 10.2. The molecule has 0 aliphatic heterocycles. The molecular weight excluding hydrogens is 234 g/mol. The highest BCUT2D eigenvalue weighted by atomic mass is 16.5. The smallest absolute Gasteiger partial charge is 0.326 e. The van der Waals surface area contributed by atoms with Crippen LogP contribution in [0.4, 0.5) is 0 Å². The number of phenolic OH excluding ortho intramolecular Hbond substituents is 2. The Hall–Kier alpha value is -2.01. The van der Waals surface area contributed by atoms with Gasteiger partial charge in [0.05, 0.1) is 0 Å². The maximum Gasteiger partial charge on any atom is 0.326 e. The molecule has 0 spiro atoms. The van der Waals surface area contributed by atoms with E-state index in [1.807, 2.05) is 0 Å². The number of ether oxygens (including phenoxy) is 1. The van der Waals surface area contributed by atoms with E-state index < -0.39 is 11.5 Å². The minimum atomic E-state index is -1.20. The van der Waals surface area contributed by atoms with Crippen LogP contribution in [0.2, 0.25) is 0 Å². The molecule has 1 aromatic rings. The SMILES string of the molecule is C=CCOC(=O)C(C)(N)Cc1ccc(O)c(O)c1. The van der Waals surface area contributed by atoms with Crippen molar-refractivity contribution in [3.05, 3.63) is 36.4 Å². The van der Waals surface area contributed by atoms with Gasteiger partial charge in [0, 0.05) is 6.42 Å². The van der Waals surface area contributed by atoms with E-state index in [0.717, 1.165) is 0 Å². The molecule has 18 heavy (non-hydrogen) atoms. The molecule has 1 unspecified atom stereocenters. The van der Waals surface area contributed by atoms with Crippen molar-refractivity contribution in [1.82, 2.24) is 0 Å². The summed E-state index contributed by atoms with van der Waals surface area (Å²) in [5, 5.41) is 18.5. The van der Waals surface area contributed by atoms with Crippen LogP contribution in [0, 0.1) is 0 Å². The zero-order chi connectivity index (χ0) is 13.8. The van der Waals surface area contributed by atoms with Crippen molar-refractivity contribution < 1.29 is 19.7 Å². The van der Waals surface area contributed by atoms with Gasteiger partial charge in [-0.25, -0.2) is 0 Å². The zero-order valence-corrected chi connectivity index (χ0v) is 10.2. The lowest BCUT2D eigenvalue weighted by Crippen LogP contribution is -2.48. The number of carbonyl (C=O) groups is 1. The minimum absolute atomic E-state index is 0.104. The molecule has 0 radical (unpaired) electrons. The van der Waals surface area contributed by atoms with E-state index in [1.165, 1.54) is 18.2 Å².